The average Bonchev–Trinajstić information content (AvgIpc) is 2.99. The van der Waals surface area contributed by atoms with Crippen LogP contribution < -0.4 is 9.67 Å². The minimum Gasteiger partial charge on any atom is -0.547 e. The minimum atomic E-state index is -1.44. The van der Waals surface area contributed by atoms with E-state index in [4.69, 9.17) is 9.84 Å². The third-order valence-electron chi connectivity index (χ3n) is 3.08. The van der Waals surface area contributed by atoms with E-state index in [0.29, 0.717) is 6.73 Å². The van der Waals surface area contributed by atoms with E-state index in [1.54, 1.807) is 0 Å². The van der Waals surface area contributed by atoms with E-state index >= 15 is 0 Å². The first-order chi connectivity index (χ1) is 10.6. The molecule has 0 aliphatic rings. The van der Waals surface area contributed by atoms with Gasteiger partial charge in [-0.15, -0.1) is 0 Å². The fraction of sp³-hybridized carbons (Fsp3) is 0.750. The first-order valence-corrected chi connectivity index (χ1v) is 8.06. The van der Waals surface area contributed by atoms with Gasteiger partial charge in [0.05, 0.1) is 18.7 Å². The number of carboxylic acids is 1. The van der Waals surface area contributed by atoms with Crippen molar-refractivity contribution >= 4 is 5.97 Å². The molecule has 1 unspecified atom stereocenters. The molecule has 1 atom stereocenters. The monoisotopic (exact) mass is 314 g/mol. The van der Waals surface area contributed by atoms with Crippen molar-refractivity contribution in [2.45, 2.75) is 71.6 Å². The molecule has 0 bridgehead atoms. The third-order valence-corrected chi connectivity index (χ3v) is 3.08. The minimum absolute atomic E-state index is 0.666. The van der Waals surface area contributed by atoms with Gasteiger partial charge in [-0.1, -0.05) is 45.4 Å². The van der Waals surface area contributed by atoms with Gasteiger partial charge in [0.15, 0.2) is 6.73 Å². The van der Waals surface area contributed by atoms with E-state index in [2.05, 4.69) is 11.9 Å². The molecular weight excluding hydrogens is 284 g/mol. The molecule has 0 spiro atoms. The van der Waals surface area contributed by atoms with E-state index in [-0.39, 0.29) is 0 Å². The van der Waals surface area contributed by atoms with E-state index in [0.717, 1.165) is 13.5 Å². The lowest BCUT2D eigenvalue weighted by Gasteiger charge is -2.02. The van der Waals surface area contributed by atoms with Crippen LogP contribution in [0.15, 0.2) is 18.7 Å². The van der Waals surface area contributed by atoms with Gasteiger partial charge in [0.1, 0.15) is 12.4 Å². The van der Waals surface area contributed by atoms with Crippen molar-refractivity contribution in [3.63, 3.8) is 0 Å². The summed E-state index contributed by atoms with van der Waals surface area (Å²) in [6.45, 7) is 4.94. The van der Waals surface area contributed by atoms with Gasteiger partial charge in [0.25, 0.3) is 0 Å². The highest BCUT2D eigenvalue weighted by Crippen LogP contribution is 2.06. The lowest BCUT2D eigenvalue weighted by Crippen LogP contribution is -2.32. The Morgan fingerprint density at radius 3 is 2.36 bits per heavy atom. The van der Waals surface area contributed by atoms with Gasteiger partial charge < -0.3 is 19.7 Å². The Balaban J connectivity index is 0.000000626. The van der Waals surface area contributed by atoms with Crippen LogP contribution in [-0.2, 0) is 16.3 Å². The van der Waals surface area contributed by atoms with Crippen LogP contribution in [0.1, 0.15) is 58.8 Å². The summed E-state index contributed by atoms with van der Waals surface area (Å²) in [6.07, 6.45) is 13.8. The molecule has 6 heteroatoms. The Bertz CT molecular complexity index is 353. The quantitative estimate of drug-likeness (QED) is 0.473. The first-order valence-electron chi connectivity index (χ1n) is 8.06. The van der Waals surface area contributed by atoms with E-state index in [1.807, 2.05) is 23.3 Å². The number of rotatable bonds is 11. The van der Waals surface area contributed by atoms with Crippen LogP contribution in [0, 0.1) is 0 Å². The second-order valence-corrected chi connectivity index (χ2v) is 5.28. The number of nitrogens with one attached hydrogen (secondary N) is 1. The van der Waals surface area contributed by atoms with Crippen LogP contribution in [-0.4, -0.2) is 28.8 Å². The number of carbonyl (C=O) groups excluding carboxylic acids is 1. The Morgan fingerprint density at radius 1 is 1.27 bits per heavy atom. The van der Waals surface area contributed by atoms with Crippen LogP contribution in [0.5, 0.6) is 0 Å². The van der Waals surface area contributed by atoms with Gasteiger partial charge >= 0.3 is 0 Å². The number of nitrogens with zero attached hydrogens (tertiary/aromatic N) is 1. The molecule has 128 valence electrons. The summed E-state index contributed by atoms with van der Waals surface area (Å²) >= 11 is 0. The van der Waals surface area contributed by atoms with Gasteiger partial charge in [-0.25, -0.2) is 4.57 Å². The zero-order valence-corrected chi connectivity index (χ0v) is 13.8. The summed E-state index contributed by atoms with van der Waals surface area (Å²) in [5.41, 5.74) is 0. The Labute approximate surface area is 133 Å². The number of unbranched alkanes of at least 4 members (excludes halogenated alkanes) is 6. The molecule has 0 saturated carbocycles. The molecule has 22 heavy (non-hydrogen) atoms. The molecule has 1 aromatic rings. The lowest BCUT2D eigenvalue weighted by atomic mass is 10.1. The topological polar surface area (TPSA) is 89.3 Å². The summed E-state index contributed by atoms with van der Waals surface area (Å²) in [6, 6.07) is 0. The lowest BCUT2D eigenvalue weighted by molar-refractivity contribution is -0.731. The number of ether oxygens (including phenoxy) is 1. The zero-order chi connectivity index (χ0) is 16.6. The normalized spacial score (nSPS) is 11.6. The fourth-order valence-corrected chi connectivity index (χ4v) is 1.73. The largest absolute Gasteiger partial charge is 0.547 e. The van der Waals surface area contributed by atoms with E-state index in [1.165, 1.54) is 44.9 Å². The molecule has 1 heterocycles. The summed E-state index contributed by atoms with van der Waals surface area (Å²) < 4.78 is 7.55. The van der Waals surface area contributed by atoms with Crippen molar-refractivity contribution < 1.29 is 24.3 Å². The Kier molecular flexibility index (Phi) is 13.6. The van der Waals surface area contributed by atoms with E-state index in [9.17, 15) is 9.90 Å². The molecular formula is C16H30N2O4. The summed E-state index contributed by atoms with van der Waals surface area (Å²) in [4.78, 5) is 12.3. The number of aliphatic carboxylic acids is 1. The van der Waals surface area contributed by atoms with Crippen LogP contribution >= 0.6 is 0 Å². The highest BCUT2D eigenvalue weighted by molar-refractivity contribution is 5.68. The second-order valence-electron chi connectivity index (χ2n) is 5.28. The zero-order valence-electron chi connectivity index (χ0n) is 13.8. The molecule has 0 radical (unpaired) electrons. The maximum atomic E-state index is 9.34. The van der Waals surface area contributed by atoms with Crippen molar-refractivity contribution in [2.75, 3.05) is 6.61 Å². The number of aromatic amines is 1. The van der Waals surface area contributed by atoms with Crippen molar-refractivity contribution in [2.24, 2.45) is 0 Å². The van der Waals surface area contributed by atoms with Crippen molar-refractivity contribution in [3.05, 3.63) is 18.7 Å². The molecule has 2 N–H and O–H groups in total. The van der Waals surface area contributed by atoms with Gasteiger partial charge in [-0.2, -0.15) is 0 Å². The molecule has 0 aliphatic carbocycles. The Morgan fingerprint density at radius 2 is 1.86 bits per heavy atom. The second kappa shape index (κ2) is 14.5. The number of hydrogen-bond donors (Lipinski definition) is 2. The summed E-state index contributed by atoms with van der Waals surface area (Å²) in [5.74, 6) is -1.44. The number of carbonyl (C=O) groups is 1. The molecule has 0 amide bonds. The number of H-pyrrole nitrogens is 1. The molecule has 6 nitrogen and oxygen atoms in total. The molecule has 1 aromatic heterocycles. The van der Waals surface area contributed by atoms with Gasteiger partial charge in [0, 0.05) is 0 Å². The van der Waals surface area contributed by atoms with Crippen LogP contribution in [0.4, 0.5) is 0 Å². The maximum Gasteiger partial charge on any atom is 0.243 e. The van der Waals surface area contributed by atoms with E-state index < -0.39 is 12.1 Å². The number of aliphatic hydroxyl groups is 1. The molecule has 0 saturated heterocycles. The predicted octanol–water partition coefficient (Wildman–Crippen LogP) is 1.14. The molecule has 0 aliphatic heterocycles. The fourth-order valence-electron chi connectivity index (χ4n) is 1.73. The molecule has 0 aromatic carbocycles. The molecule has 1 rings (SSSR count). The standard InChI is InChI=1S/C13H24N2O.C3H6O3/c1-2-3-4-5-6-7-8-11-16-13-15-10-9-14-12-15;1-2(4)3(5)6/h9-10,12H,2-8,11,13H2,1H3;2,4H,1H3,(H,5,6). The van der Waals surface area contributed by atoms with Gasteiger partial charge in [-0.05, 0) is 13.3 Å². The maximum absolute atomic E-state index is 9.34. The predicted molar refractivity (Wildman–Crippen MR) is 81.6 cm³/mol. The van der Waals surface area contributed by atoms with Gasteiger partial charge in [0.2, 0.25) is 6.33 Å². The number of imidazole rings is 1. The van der Waals surface area contributed by atoms with Crippen molar-refractivity contribution in [1.82, 2.24) is 4.98 Å². The summed E-state index contributed by atoms with van der Waals surface area (Å²) in [5, 5.41) is 17.3. The smallest absolute Gasteiger partial charge is 0.243 e. The number of hydrogen-bond acceptors (Lipinski definition) is 4. The molecule has 0 fully saturated rings. The highest BCUT2D eigenvalue weighted by atomic mass is 16.5. The van der Waals surface area contributed by atoms with Crippen LogP contribution in [0.25, 0.3) is 0 Å². The summed E-state index contributed by atoms with van der Waals surface area (Å²) in [7, 11) is 0. The number of aromatic nitrogens is 2. The first kappa shape index (κ1) is 20.6. The third kappa shape index (κ3) is 13.6. The van der Waals surface area contributed by atoms with Crippen LogP contribution in [0.3, 0.4) is 0 Å². The average molecular weight is 314 g/mol. The van der Waals surface area contributed by atoms with Gasteiger partial charge in [-0.3, -0.25) is 4.98 Å². The van der Waals surface area contributed by atoms with Crippen molar-refractivity contribution in [3.8, 4) is 0 Å². The van der Waals surface area contributed by atoms with Crippen molar-refractivity contribution in [1.29, 1.82) is 0 Å². The highest BCUT2D eigenvalue weighted by Gasteiger charge is 1.96. The van der Waals surface area contributed by atoms with Crippen LogP contribution in [0.2, 0.25) is 0 Å². The number of carboxylic acid groups (broad SMARTS) is 1. The number of aliphatic hydroxyl groups excluding tert-OH is 1. The SMILES string of the molecule is CC(O)C(=O)[O-].CCCCCCCCCOC[n+]1cc[nH]c1. The Hall–Kier alpha value is -1.40.